The number of nitrogen functional groups attached to an aromatic ring is 1. The van der Waals surface area contributed by atoms with Crippen molar-refractivity contribution in [1.29, 1.82) is 0 Å². The summed E-state index contributed by atoms with van der Waals surface area (Å²) in [7, 11) is -3.81. The van der Waals surface area contributed by atoms with Crippen LogP contribution in [0.1, 0.15) is 47.9 Å². The summed E-state index contributed by atoms with van der Waals surface area (Å²) < 4.78 is 55.5. The molecule has 3 N–H and O–H groups in total. The smallest absolute Gasteiger partial charge is 0.292 e. The third-order valence-electron chi connectivity index (χ3n) is 8.31. The van der Waals surface area contributed by atoms with E-state index in [1.807, 2.05) is 4.90 Å². The van der Waals surface area contributed by atoms with E-state index < -0.39 is 21.5 Å². The maximum atomic E-state index is 14.3. The second-order valence-corrected chi connectivity index (χ2v) is 12.9. The lowest BCUT2D eigenvalue weighted by Gasteiger charge is -2.38. The van der Waals surface area contributed by atoms with Crippen LogP contribution in [-0.4, -0.2) is 72.3 Å². The van der Waals surface area contributed by atoms with Crippen LogP contribution in [0.2, 0.25) is 0 Å². The van der Waals surface area contributed by atoms with Gasteiger partial charge in [-0.3, -0.25) is 9.78 Å². The standard InChI is InChI=1S/C28H25F2N9O3S/c1-43(41,42)24-23(15-9-16-6-7-17(10-15)38(16)28(40)26-33-13-34-37-26)36-27-19(12-35-39(27)25(24)31)14-5-8-21(32-11-14)18-3-2-4-20(29)22(18)30/h2-5,8,11-13,15-17H,6-7,9-10,31H2,1H3,(H,33,34,37)/t15-,16-,17?/m0/s1. The minimum Gasteiger partial charge on any atom is -0.382 e. The molecule has 220 valence electrons. The monoisotopic (exact) mass is 605 g/mol. The number of hydrogen-bond acceptors (Lipinski definition) is 9. The molecule has 2 bridgehead atoms. The van der Waals surface area contributed by atoms with E-state index in [1.165, 1.54) is 35.4 Å². The number of halogens is 2. The Kier molecular flexibility index (Phi) is 6.23. The molecule has 6 heterocycles. The van der Waals surface area contributed by atoms with E-state index in [-0.39, 0.29) is 51.7 Å². The SMILES string of the molecule is CS(=O)(=O)c1c([C@@H]2CC3CC[C@@H](C2)N3C(=O)c2nnc[nH]2)nc2c(-c3ccc(-c4cccc(F)c4F)nc3)cnn2c1N. The number of rotatable bonds is 5. The van der Waals surface area contributed by atoms with Gasteiger partial charge in [-0.2, -0.15) is 9.61 Å². The molecule has 2 aliphatic heterocycles. The largest absolute Gasteiger partial charge is 0.382 e. The highest BCUT2D eigenvalue weighted by Gasteiger charge is 2.46. The number of hydrogen-bond donors (Lipinski definition) is 2. The van der Waals surface area contributed by atoms with Gasteiger partial charge in [0.1, 0.15) is 17.0 Å². The molecule has 4 aromatic heterocycles. The number of benzene rings is 1. The lowest BCUT2D eigenvalue weighted by atomic mass is 9.87. The van der Waals surface area contributed by atoms with Crippen molar-refractivity contribution < 1.29 is 22.0 Å². The van der Waals surface area contributed by atoms with Gasteiger partial charge < -0.3 is 15.6 Å². The van der Waals surface area contributed by atoms with E-state index in [0.717, 1.165) is 25.2 Å². The summed E-state index contributed by atoms with van der Waals surface area (Å²) in [6, 6.07) is 6.87. The Labute approximate surface area is 243 Å². The van der Waals surface area contributed by atoms with Crippen LogP contribution in [0, 0.1) is 11.6 Å². The molecule has 2 saturated heterocycles. The minimum absolute atomic E-state index is 0.0247. The highest BCUT2D eigenvalue weighted by atomic mass is 32.2. The number of fused-ring (bicyclic) bond motifs is 3. The number of nitrogens with two attached hydrogens (primary N) is 1. The van der Waals surface area contributed by atoms with Crippen molar-refractivity contribution in [3.8, 4) is 22.4 Å². The Morgan fingerprint density at radius 2 is 1.84 bits per heavy atom. The van der Waals surface area contributed by atoms with Gasteiger partial charge in [-0.1, -0.05) is 12.1 Å². The molecule has 1 aromatic carbocycles. The fourth-order valence-electron chi connectivity index (χ4n) is 6.46. The van der Waals surface area contributed by atoms with Gasteiger partial charge in [-0.15, -0.1) is 10.2 Å². The number of anilines is 1. The first-order valence-corrected chi connectivity index (χ1v) is 15.5. The number of nitrogens with zero attached hydrogens (tertiary/aromatic N) is 7. The summed E-state index contributed by atoms with van der Waals surface area (Å²) in [5.74, 6) is -2.38. The maximum Gasteiger partial charge on any atom is 0.292 e. The van der Waals surface area contributed by atoms with Gasteiger partial charge in [0.25, 0.3) is 5.91 Å². The van der Waals surface area contributed by atoms with E-state index in [4.69, 9.17) is 10.7 Å². The van der Waals surface area contributed by atoms with Crippen molar-refractivity contribution >= 4 is 27.2 Å². The predicted molar refractivity (Wildman–Crippen MR) is 150 cm³/mol. The van der Waals surface area contributed by atoms with Crippen LogP contribution in [0.4, 0.5) is 14.6 Å². The van der Waals surface area contributed by atoms with Gasteiger partial charge in [-0.25, -0.2) is 22.2 Å². The summed E-state index contributed by atoms with van der Waals surface area (Å²) in [4.78, 5) is 26.8. The molecule has 7 rings (SSSR count). The number of sulfone groups is 1. The molecule has 0 spiro atoms. The quantitative estimate of drug-likeness (QED) is 0.305. The Hall–Kier alpha value is -4.79. The van der Waals surface area contributed by atoms with Gasteiger partial charge >= 0.3 is 0 Å². The third kappa shape index (κ3) is 4.42. The molecule has 3 atom stereocenters. The molecule has 0 aliphatic carbocycles. The first-order valence-electron chi connectivity index (χ1n) is 13.6. The lowest BCUT2D eigenvalue weighted by Crippen LogP contribution is -2.46. The Balaban J connectivity index is 1.28. The first-order chi connectivity index (χ1) is 20.6. The van der Waals surface area contributed by atoms with Crippen LogP contribution in [0.3, 0.4) is 0 Å². The topological polar surface area (TPSA) is 165 Å². The van der Waals surface area contributed by atoms with Crippen molar-refractivity contribution in [3.63, 3.8) is 0 Å². The normalized spacial score (nSPS) is 20.2. The minimum atomic E-state index is -3.81. The second-order valence-electron chi connectivity index (χ2n) is 10.9. The van der Waals surface area contributed by atoms with Crippen LogP contribution >= 0.6 is 0 Å². The number of H-pyrrole nitrogens is 1. The van der Waals surface area contributed by atoms with E-state index >= 15 is 0 Å². The number of carbonyl (C=O) groups is 1. The average Bonchev–Trinajstić information content (AvgIpc) is 3.72. The molecule has 1 unspecified atom stereocenters. The summed E-state index contributed by atoms with van der Waals surface area (Å²) in [5.41, 5.74) is 8.51. The van der Waals surface area contributed by atoms with Crippen molar-refractivity contribution in [2.45, 2.75) is 48.6 Å². The number of nitrogens with one attached hydrogen (secondary N) is 1. The van der Waals surface area contributed by atoms with Crippen molar-refractivity contribution in [2.24, 2.45) is 0 Å². The highest BCUT2D eigenvalue weighted by molar-refractivity contribution is 7.91. The molecule has 1 amide bonds. The van der Waals surface area contributed by atoms with Gasteiger partial charge in [0.2, 0.25) is 5.82 Å². The number of aromatic nitrogens is 7. The lowest BCUT2D eigenvalue weighted by molar-refractivity contribution is 0.0556. The summed E-state index contributed by atoms with van der Waals surface area (Å²) in [6.07, 6.45) is 7.99. The Morgan fingerprint density at radius 1 is 1.07 bits per heavy atom. The van der Waals surface area contributed by atoms with Gasteiger partial charge in [0, 0.05) is 47.1 Å². The second kappa shape index (κ2) is 9.90. The summed E-state index contributed by atoms with van der Waals surface area (Å²) >= 11 is 0. The van der Waals surface area contributed by atoms with Crippen molar-refractivity contribution in [2.75, 3.05) is 12.0 Å². The van der Waals surface area contributed by atoms with E-state index in [9.17, 15) is 22.0 Å². The van der Waals surface area contributed by atoms with Crippen LogP contribution in [-0.2, 0) is 9.84 Å². The average molecular weight is 606 g/mol. The zero-order chi connectivity index (χ0) is 30.0. The van der Waals surface area contributed by atoms with E-state index in [1.54, 1.807) is 12.1 Å². The maximum absolute atomic E-state index is 14.3. The molecule has 2 aliphatic rings. The Morgan fingerprint density at radius 3 is 2.49 bits per heavy atom. The zero-order valence-electron chi connectivity index (χ0n) is 22.8. The molecule has 5 aromatic rings. The molecule has 2 fully saturated rings. The molecular weight excluding hydrogens is 580 g/mol. The van der Waals surface area contributed by atoms with E-state index in [2.05, 4.69) is 25.3 Å². The van der Waals surface area contributed by atoms with Gasteiger partial charge in [0.15, 0.2) is 27.1 Å². The summed E-state index contributed by atoms with van der Waals surface area (Å²) in [5, 5.41) is 11.9. The van der Waals surface area contributed by atoms with Crippen LogP contribution < -0.4 is 5.73 Å². The van der Waals surface area contributed by atoms with Crippen molar-refractivity contribution in [1.82, 2.24) is 39.7 Å². The molecule has 15 heteroatoms. The number of pyridine rings is 1. The van der Waals surface area contributed by atoms with Crippen LogP contribution in [0.5, 0.6) is 0 Å². The fraction of sp³-hybridized carbons (Fsp3) is 0.286. The molecule has 43 heavy (non-hydrogen) atoms. The first kappa shape index (κ1) is 27.1. The molecule has 12 nitrogen and oxygen atoms in total. The number of aromatic amines is 1. The van der Waals surface area contributed by atoms with Crippen LogP contribution in [0.25, 0.3) is 28.0 Å². The highest BCUT2D eigenvalue weighted by Crippen LogP contribution is 2.45. The predicted octanol–water partition coefficient (Wildman–Crippen LogP) is 3.39. The fourth-order valence-corrected chi connectivity index (χ4v) is 7.52. The number of carbonyl (C=O) groups excluding carboxylic acids is 1. The molecular formula is C28H25F2N9O3S. The summed E-state index contributed by atoms with van der Waals surface area (Å²) in [6.45, 7) is 0. The van der Waals surface area contributed by atoms with Gasteiger partial charge in [-0.05, 0) is 43.9 Å². The molecule has 0 saturated carbocycles. The van der Waals surface area contributed by atoms with Crippen LogP contribution in [0.15, 0.2) is 53.9 Å². The number of piperidine rings is 1. The van der Waals surface area contributed by atoms with E-state index in [0.29, 0.717) is 35.3 Å². The zero-order valence-corrected chi connectivity index (χ0v) is 23.6. The van der Waals surface area contributed by atoms with Gasteiger partial charge in [0.05, 0.1) is 17.6 Å². The third-order valence-corrected chi connectivity index (χ3v) is 9.47. The van der Waals surface area contributed by atoms with Crippen molar-refractivity contribution in [3.05, 3.63) is 72.2 Å². The Bertz CT molecular complexity index is 1980. The molecule has 0 radical (unpaired) electrons. The number of amides is 1.